The highest BCUT2D eigenvalue weighted by molar-refractivity contribution is 6.32. The summed E-state index contributed by atoms with van der Waals surface area (Å²) >= 11 is 6.18. The van der Waals surface area contributed by atoms with E-state index >= 15 is 0 Å². The molecule has 6 nitrogen and oxygen atoms in total. The Balaban J connectivity index is 1.78. The molecular weight excluding hydrogens is 408 g/mol. The van der Waals surface area contributed by atoms with Crippen LogP contribution in [-0.4, -0.2) is 18.7 Å². The first kappa shape index (κ1) is 21.7. The largest absolute Gasteiger partial charge is 0.482 e. The zero-order chi connectivity index (χ0) is 21.8. The Morgan fingerprint density at radius 3 is 2.50 bits per heavy atom. The Hall–Kier alpha value is -2.99. The van der Waals surface area contributed by atoms with Crippen molar-refractivity contribution in [3.05, 3.63) is 63.0 Å². The van der Waals surface area contributed by atoms with Crippen LogP contribution in [0.5, 0.6) is 17.2 Å². The van der Waals surface area contributed by atoms with Crippen molar-refractivity contribution in [1.82, 2.24) is 0 Å². The van der Waals surface area contributed by atoms with E-state index in [0.717, 1.165) is 17.5 Å². The highest BCUT2D eigenvalue weighted by atomic mass is 35.5. The quantitative estimate of drug-likeness (QED) is 0.456. The van der Waals surface area contributed by atoms with Gasteiger partial charge in [0.25, 0.3) is 0 Å². The number of ether oxygens (including phenoxy) is 3. The van der Waals surface area contributed by atoms with Gasteiger partial charge >= 0.3 is 5.97 Å². The topological polar surface area (TPSA) is 75.0 Å². The van der Waals surface area contributed by atoms with Crippen molar-refractivity contribution >= 4 is 28.5 Å². The van der Waals surface area contributed by atoms with Crippen LogP contribution in [-0.2, 0) is 9.53 Å². The molecule has 1 unspecified atom stereocenters. The summed E-state index contributed by atoms with van der Waals surface area (Å²) < 4.78 is 21.9. The van der Waals surface area contributed by atoms with Crippen LogP contribution in [0.25, 0.3) is 11.0 Å². The van der Waals surface area contributed by atoms with Crippen LogP contribution in [0.3, 0.4) is 0 Å². The molecule has 2 aromatic carbocycles. The van der Waals surface area contributed by atoms with Gasteiger partial charge in [0, 0.05) is 11.1 Å². The first-order valence-electron chi connectivity index (χ1n) is 9.61. The van der Waals surface area contributed by atoms with E-state index in [2.05, 4.69) is 0 Å². The molecule has 0 radical (unpaired) electrons. The second-order valence-corrected chi connectivity index (χ2v) is 7.44. The average Bonchev–Trinajstić information content (AvgIpc) is 2.72. The van der Waals surface area contributed by atoms with Crippen LogP contribution in [0.1, 0.15) is 31.4 Å². The molecule has 3 rings (SSSR count). The third-order valence-electron chi connectivity index (χ3n) is 4.62. The van der Waals surface area contributed by atoms with Gasteiger partial charge in [-0.25, -0.2) is 4.79 Å². The lowest BCUT2D eigenvalue weighted by Crippen LogP contribution is -2.20. The van der Waals surface area contributed by atoms with Crippen LogP contribution in [0.4, 0.5) is 0 Å². The predicted octanol–water partition coefficient (Wildman–Crippen LogP) is 5.58. The minimum absolute atomic E-state index is 0.0643. The molecule has 0 amide bonds. The highest BCUT2D eigenvalue weighted by Crippen LogP contribution is 2.29. The molecule has 0 saturated heterocycles. The van der Waals surface area contributed by atoms with E-state index in [1.54, 1.807) is 30.3 Å². The second-order valence-electron chi connectivity index (χ2n) is 7.06. The summed E-state index contributed by atoms with van der Waals surface area (Å²) in [6, 6.07) is 8.23. The number of rotatable bonds is 7. The van der Waals surface area contributed by atoms with Gasteiger partial charge in [-0.15, -0.1) is 0 Å². The smallest absolute Gasteiger partial charge is 0.344 e. The van der Waals surface area contributed by atoms with Gasteiger partial charge in [-0.2, -0.15) is 0 Å². The number of carbonyl (C=O) groups excluding carboxylic acids is 1. The number of aryl methyl sites for hydroxylation is 2. The van der Waals surface area contributed by atoms with Crippen molar-refractivity contribution in [2.24, 2.45) is 0 Å². The normalized spacial score (nSPS) is 11.9. The van der Waals surface area contributed by atoms with Gasteiger partial charge in [-0.1, -0.05) is 18.5 Å². The number of carbonyl (C=O) groups is 1. The molecule has 1 atom stereocenters. The summed E-state index contributed by atoms with van der Waals surface area (Å²) in [5.41, 5.74) is 1.71. The van der Waals surface area contributed by atoms with Gasteiger partial charge in [0.05, 0.1) is 11.5 Å². The van der Waals surface area contributed by atoms with E-state index in [1.807, 2.05) is 27.7 Å². The lowest BCUT2D eigenvalue weighted by molar-refractivity contribution is -0.150. The Morgan fingerprint density at radius 2 is 1.83 bits per heavy atom. The molecule has 3 aromatic rings. The Bertz CT molecular complexity index is 1110. The van der Waals surface area contributed by atoms with Crippen LogP contribution in [0.2, 0.25) is 5.02 Å². The number of benzene rings is 2. The second kappa shape index (κ2) is 9.22. The van der Waals surface area contributed by atoms with Crippen molar-refractivity contribution in [3.63, 3.8) is 0 Å². The van der Waals surface area contributed by atoms with Gasteiger partial charge in [-0.3, -0.25) is 4.79 Å². The van der Waals surface area contributed by atoms with Gasteiger partial charge in [0.15, 0.2) is 6.61 Å². The number of hydrogen-bond acceptors (Lipinski definition) is 6. The number of halogens is 1. The molecule has 1 aromatic heterocycles. The van der Waals surface area contributed by atoms with Gasteiger partial charge < -0.3 is 18.6 Å². The van der Waals surface area contributed by atoms with Crippen molar-refractivity contribution in [2.75, 3.05) is 6.61 Å². The summed E-state index contributed by atoms with van der Waals surface area (Å²) in [6.07, 6.45) is 1.82. The maximum atomic E-state index is 12.8. The standard InChI is InChI=1S/C23H23ClO6/c1-5-15(4)29-21(25)12-27-16-6-7-18-19(10-16)28-11-20(23(18)26)30-17-8-13(2)22(24)14(3)9-17/h6-11,15H,5,12H2,1-4H3. The van der Waals surface area contributed by atoms with Crippen molar-refractivity contribution in [3.8, 4) is 17.2 Å². The van der Waals surface area contributed by atoms with E-state index in [4.69, 9.17) is 30.2 Å². The molecule has 7 heteroatoms. The Labute approximate surface area is 179 Å². The molecular formula is C23H23ClO6. The SMILES string of the molecule is CCC(C)OC(=O)COc1ccc2c(=O)c(Oc3cc(C)c(Cl)c(C)c3)coc2c1. The first-order valence-corrected chi connectivity index (χ1v) is 9.98. The molecule has 30 heavy (non-hydrogen) atoms. The number of hydrogen-bond donors (Lipinski definition) is 0. The highest BCUT2D eigenvalue weighted by Gasteiger charge is 2.13. The molecule has 0 aliphatic rings. The lowest BCUT2D eigenvalue weighted by atomic mass is 10.1. The molecule has 0 aliphatic heterocycles. The fourth-order valence-corrected chi connectivity index (χ4v) is 2.94. The van der Waals surface area contributed by atoms with E-state index in [0.29, 0.717) is 27.5 Å². The summed E-state index contributed by atoms with van der Waals surface area (Å²) in [5.74, 6) is 0.503. The fourth-order valence-electron chi connectivity index (χ4n) is 2.83. The third kappa shape index (κ3) is 4.94. The Kier molecular flexibility index (Phi) is 6.67. The number of esters is 1. The summed E-state index contributed by atoms with van der Waals surface area (Å²) in [4.78, 5) is 24.5. The molecule has 0 bridgehead atoms. The van der Waals surface area contributed by atoms with Crippen LogP contribution in [0.15, 0.2) is 45.8 Å². The Morgan fingerprint density at radius 1 is 1.13 bits per heavy atom. The van der Waals surface area contributed by atoms with Crippen LogP contribution >= 0.6 is 11.6 Å². The third-order valence-corrected chi connectivity index (χ3v) is 5.21. The van der Waals surface area contributed by atoms with Crippen molar-refractivity contribution < 1.29 is 23.4 Å². The maximum Gasteiger partial charge on any atom is 0.344 e. The van der Waals surface area contributed by atoms with Crippen LogP contribution < -0.4 is 14.9 Å². The first-order chi connectivity index (χ1) is 14.3. The predicted molar refractivity (Wildman–Crippen MR) is 115 cm³/mol. The molecule has 0 fully saturated rings. The molecule has 0 aliphatic carbocycles. The van der Waals surface area contributed by atoms with E-state index in [1.165, 1.54) is 6.26 Å². The molecule has 158 valence electrons. The maximum absolute atomic E-state index is 12.8. The number of fused-ring (bicyclic) bond motifs is 1. The molecule has 0 saturated carbocycles. The average molecular weight is 431 g/mol. The van der Waals surface area contributed by atoms with Gasteiger partial charge in [0.2, 0.25) is 11.2 Å². The zero-order valence-electron chi connectivity index (χ0n) is 17.3. The zero-order valence-corrected chi connectivity index (χ0v) is 18.0. The van der Waals surface area contributed by atoms with Crippen molar-refractivity contribution in [2.45, 2.75) is 40.2 Å². The van der Waals surface area contributed by atoms with E-state index in [9.17, 15) is 9.59 Å². The van der Waals surface area contributed by atoms with Gasteiger partial charge in [0.1, 0.15) is 23.3 Å². The summed E-state index contributed by atoms with van der Waals surface area (Å²) in [7, 11) is 0. The molecule has 0 N–H and O–H groups in total. The lowest BCUT2D eigenvalue weighted by Gasteiger charge is -2.12. The monoisotopic (exact) mass is 430 g/mol. The van der Waals surface area contributed by atoms with Crippen LogP contribution in [0, 0.1) is 13.8 Å². The minimum Gasteiger partial charge on any atom is -0.482 e. The minimum atomic E-state index is -0.455. The molecule has 0 spiro atoms. The van der Waals surface area contributed by atoms with E-state index in [-0.39, 0.29) is 23.9 Å². The molecule has 1 heterocycles. The summed E-state index contributed by atoms with van der Waals surface area (Å²) in [6.45, 7) is 7.25. The summed E-state index contributed by atoms with van der Waals surface area (Å²) in [5, 5.41) is 0.998. The van der Waals surface area contributed by atoms with Gasteiger partial charge in [-0.05, 0) is 62.6 Å². The van der Waals surface area contributed by atoms with E-state index < -0.39 is 5.97 Å². The van der Waals surface area contributed by atoms with Crippen molar-refractivity contribution in [1.29, 1.82) is 0 Å². The fraction of sp³-hybridized carbons (Fsp3) is 0.304.